The summed E-state index contributed by atoms with van der Waals surface area (Å²) in [6, 6.07) is 171. The summed E-state index contributed by atoms with van der Waals surface area (Å²) in [5.41, 5.74) is 33.1. The third-order valence-corrected chi connectivity index (χ3v) is 30.7. The average Bonchev–Trinajstić information content (AvgIpc) is 1.63. The molecule has 23 aromatic carbocycles. The summed E-state index contributed by atoms with van der Waals surface area (Å²) in [4.78, 5) is 20.3. The smallest absolute Gasteiger partial charge is 0.137 e. The zero-order chi connectivity index (χ0) is 95.6. The second-order valence-corrected chi connectivity index (χ2v) is 39.0. The van der Waals surface area contributed by atoms with Crippen molar-refractivity contribution in [3.8, 4) is 77.9 Å². The summed E-state index contributed by atoms with van der Waals surface area (Å²) in [7, 11) is 0. The maximum atomic E-state index is 5.12. The largest absolute Gasteiger partial charge is 0.299 e. The van der Waals surface area contributed by atoms with E-state index in [0.29, 0.717) is 0 Å². The van der Waals surface area contributed by atoms with Crippen LogP contribution >= 0.6 is 0 Å². The summed E-state index contributed by atoms with van der Waals surface area (Å²) in [6.07, 6.45) is 8.48. The van der Waals surface area contributed by atoms with E-state index in [1.54, 1.807) is 0 Å². The Balaban J connectivity index is 0.0000000921. The molecule has 0 amide bonds. The molecule has 1 aliphatic rings. The van der Waals surface area contributed by atoms with E-state index in [9.17, 15) is 0 Å². The molecule has 0 bridgehead atoms. The lowest BCUT2D eigenvalue weighted by molar-refractivity contribution is 0.660. The first-order valence-corrected chi connectivity index (χ1v) is 49.9. The summed E-state index contributed by atoms with van der Waals surface area (Å²) in [5.74, 6) is 0. The van der Waals surface area contributed by atoms with E-state index in [2.05, 4.69) is 529 Å². The van der Waals surface area contributed by atoms with Gasteiger partial charge in [-0.2, -0.15) is 0 Å². The van der Waals surface area contributed by atoms with Crippen molar-refractivity contribution < 1.29 is 0 Å². The Bertz CT molecular complexity index is 10800. The molecule has 0 saturated carbocycles. The minimum absolute atomic E-state index is 0.0235. The number of nitrogens with zero attached hydrogens (tertiary/aromatic N) is 8. The molecule has 0 aliphatic heterocycles. The minimum Gasteiger partial charge on any atom is -0.299 e. The van der Waals surface area contributed by atoms with Crippen LogP contribution in [0, 0.1) is 0 Å². The second-order valence-electron chi connectivity index (χ2n) is 39.0. The highest BCUT2D eigenvalue weighted by Crippen LogP contribution is 2.52. The van der Waals surface area contributed by atoms with Gasteiger partial charge in [-0.25, -0.2) is 19.9 Å². The Morgan fingerprint density at radius 3 is 0.759 bits per heavy atom. The summed E-state index contributed by atoms with van der Waals surface area (Å²) in [5, 5.41) is 29.9. The van der Waals surface area contributed by atoms with Crippen LogP contribution in [0.3, 0.4) is 0 Å². The van der Waals surface area contributed by atoms with Crippen LogP contribution in [0.2, 0.25) is 0 Å². The molecule has 0 N–H and O–H groups in total. The predicted octanol–water partition coefficient (Wildman–Crippen LogP) is 36.1. The zero-order valence-electron chi connectivity index (χ0n) is 79.4. The first kappa shape index (κ1) is 83.0. The van der Waals surface area contributed by atoms with E-state index in [1.807, 2.05) is 0 Å². The average molecular weight is 1850 g/mol. The van der Waals surface area contributed by atoms with Crippen LogP contribution in [0.1, 0.15) is 25.0 Å². The summed E-state index contributed by atoms with van der Waals surface area (Å²) in [6.45, 7) is 4.70. The van der Waals surface area contributed by atoms with Gasteiger partial charge in [0.05, 0.1) is 44.1 Å². The van der Waals surface area contributed by atoms with Crippen LogP contribution < -0.4 is 0 Å². The Labute approximate surface area is 833 Å². The maximum absolute atomic E-state index is 5.12. The van der Waals surface area contributed by atoms with Crippen molar-refractivity contribution in [3.05, 3.63) is 509 Å². The molecule has 32 rings (SSSR count). The van der Waals surface area contributed by atoms with Crippen LogP contribution in [0.5, 0.6) is 0 Å². The highest BCUT2D eigenvalue weighted by Gasteiger charge is 2.36. The monoisotopic (exact) mass is 1840 g/mol. The predicted molar refractivity (Wildman–Crippen MR) is 611 cm³/mol. The fraction of sp³-hybridized carbons (Fsp3) is 0.0219. The molecule has 0 spiro atoms. The molecule has 0 fully saturated rings. The molecule has 0 radical (unpaired) electrons. The van der Waals surface area contributed by atoms with Crippen LogP contribution in [0.25, 0.3) is 274 Å². The molecular weight excluding hydrogens is 1760 g/mol. The quantitative estimate of drug-likeness (QED) is 0.156. The Hall–Kier alpha value is -19.0. The summed E-state index contributed by atoms with van der Waals surface area (Å²) < 4.78 is 8.90. The van der Waals surface area contributed by atoms with E-state index >= 15 is 0 Å². The molecule has 8 nitrogen and oxygen atoms in total. The van der Waals surface area contributed by atoms with Crippen LogP contribution in [-0.2, 0) is 5.41 Å². The number of pyridine rings is 4. The van der Waals surface area contributed by atoms with Gasteiger partial charge in [-0.1, -0.05) is 402 Å². The van der Waals surface area contributed by atoms with Crippen LogP contribution in [-0.4, -0.2) is 37.5 Å². The van der Waals surface area contributed by atoms with Gasteiger partial charge in [0.15, 0.2) is 0 Å². The third kappa shape index (κ3) is 13.3. The van der Waals surface area contributed by atoms with Gasteiger partial charge in [0.2, 0.25) is 0 Å². The van der Waals surface area contributed by atoms with Gasteiger partial charge >= 0.3 is 0 Å². The van der Waals surface area contributed by atoms with Gasteiger partial charge in [0.25, 0.3) is 0 Å². The van der Waals surface area contributed by atoms with E-state index in [1.165, 1.54) is 235 Å². The number of fused-ring (bicyclic) bond motifs is 43. The molecule has 0 unspecified atom stereocenters. The number of hydrogen-bond acceptors (Lipinski definition) is 4. The molecular formula is C137H88N8. The molecule has 31 aromatic rings. The first-order valence-electron chi connectivity index (χ1n) is 49.9. The van der Waals surface area contributed by atoms with Crippen molar-refractivity contribution in [2.45, 2.75) is 19.3 Å². The molecule has 0 saturated heterocycles. The number of rotatable bonds is 6. The normalized spacial score (nSPS) is 12.4. The van der Waals surface area contributed by atoms with Crippen molar-refractivity contribution in [1.82, 2.24) is 37.5 Å². The van der Waals surface area contributed by atoms with E-state index in [4.69, 9.17) is 19.9 Å². The van der Waals surface area contributed by atoms with Gasteiger partial charge in [0, 0.05) is 73.3 Å². The van der Waals surface area contributed by atoms with Crippen LogP contribution in [0.4, 0.5) is 0 Å². The van der Waals surface area contributed by atoms with Crippen molar-refractivity contribution in [2.24, 2.45) is 0 Å². The topological polar surface area (TPSA) is 69.2 Å². The molecule has 8 heterocycles. The SMILES string of the molecule is CC1(C)c2ccccc2-c2ccc(-c3ccc4c(c3)c3c5ccccc5ccc3c3nc5ccccn5c43)cc21.c1ccc(-c2ccc(-c3ccc4c(c3)c3c5ccccc5ccc3c3nc5ccccn5c43)cc2)cc1.c1ccc(-c2ccc3c(c2)c2c4ccccc4ccc2c2nc4ccccn4c32)cc1.c1ccc(-c2cccc(-c3ccc4c(c3)c3c5ccccc5ccc3c3nc5ccccn5c43)c2)cc1. The second kappa shape index (κ2) is 33.1. The van der Waals surface area contributed by atoms with E-state index < -0.39 is 0 Å². The fourth-order valence-corrected chi connectivity index (χ4v) is 23.9. The standard InChI is InChI=1S/C38H26N2.2C35H22N2.C29H18N2/c1-38(2)32-12-6-5-11-27(32)28-17-15-25(22-33(28)38)24-16-18-29-31(21-24)35-26-10-4-3-9-23(26)14-19-30(35)36-37(29)40-20-8-7-13-34(40)39-36;1-2-9-23(10-3-1)25-12-8-13-26(21-25)27-17-18-29-31(22-27)33-28-14-5-4-11-24(28)16-19-30(33)34-35(29)37-20-7-6-15-32(37)36-34;1-2-8-23(9-3-1)24-13-15-25(16-14-24)27-18-19-29-31(22-27)33-28-11-5-4-10-26(28)17-20-30(33)34-35(29)37-21-7-6-12-32(37)36-34;1-2-8-19(9-3-1)21-14-15-23-25(18-21)27-22-11-5-4-10-20(22)13-16-24(27)28-29(23)31-17-7-6-12-26(31)30-28/h3-22H,1-2H3;2*1-22H;1-18H. The lowest BCUT2D eigenvalue weighted by Crippen LogP contribution is -2.14. The zero-order valence-corrected chi connectivity index (χ0v) is 79.4. The van der Waals surface area contributed by atoms with Gasteiger partial charge in [-0.05, 0) is 260 Å². The van der Waals surface area contributed by atoms with Crippen molar-refractivity contribution in [1.29, 1.82) is 0 Å². The Kier molecular flexibility index (Phi) is 18.9. The van der Waals surface area contributed by atoms with Crippen molar-refractivity contribution in [3.63, 3.8) is 0 Å². The summed E-state index contributed by atoms with van der Waals surface area (Å²) >= 11 is 0. The molecule has 8 heteroatoms. The first-order chi connectivity index (χ1) is 71.7. The van der Waals surface area contributed by atoms with Crippen LogP contribution in [0.15, 0.2) is 498 Å². The Morgan fingerprint density at radius 1 is 0.159 bits per heavy atom. The minimum atomic E-state index is -0.0235. The fourth-order valence-electron chi connectivity index (χ4n) is 23.9. The number of imidazole rings is 4. The molecule has 0 atom stereocenters. The van der Waals surface area contributed by atoms with Gasteiger partial charge in [-0.15, -0.1) is 0 Å². The highest BCUT2D eigenvalue weighted by atomic mass is 15.0. The molecule has 676 valence electrons. The van der Waals surface area contributed by atoms with E-state index in [-0.39, 0.29) is 5.41 Å². The highest BCUT2D eigenvalue weighted by molar-refractivity contribution is 6.35. The Morgan fingerprint density at radius 2 is 0.400 bits per heavy atom. The number of hydrogen-bond donors (Lipinski definition) is 0. The lowest BCUT2D eigenvalue weighted by atomic mass is 9.81. The lowest BCUT2D eigenvalue weighted by Gasteiger charge is -2.22. The molecule has 1 aliphatic carbocycles. The van der Waals surface area contributed by atoms with Crippen molar-refractivity contribution >= 4 is 196 Å². The van der Waals surface area contributed by atoms with Gasteiger partial charge in [-0.3, -0.25) is 17.6 Å². The molecule has 8 aromatic heterocycles. The third-order valence-electron chi connectivity index (χ3n) is 30.7. The van der Waals surface area contributed by atoms with Gasteiger partial charge in [0.1, 0.15) is 22.6 Å². The van der Waals surface area contributed by atoms with Gasteiger partial charge < -0.3 is 0 Å². The van der Waals surface area contributed by atoms with E-state index in [0.717, 1.165) is 50.2 Å². The number of benzene rings is 23. The van der Waals surface area contributed by atoms with Crippen molar-refractivity contribution in [2.75, 3.05) is 0 Å². The maximum Gasteiger partial charge on any atom is 0.137 e. The number of aromatic nitrogens is 8. The molecule has 145 heavy (non-hydrogen) atoms.